The SMILES string of the molecule is CNC(=O)C(C)Oc1c(Br)cccc1CN. The minimum Gasteiger partial charge on any atom is -0.479 e. The third kappa shape index (κ3) is 2.96. The first-order valence-electron chi connectivity index (χ1n) is 4.95. The monoisotopic (exact) mass is 286 g/mol. The highest BCUT2D eigenvalue weighted by Gasteiger charge is 2.16. The lowest BCUT2D eigenvalue weighted by Gasteiger charge is -2.17. The maximum Gasteiger partial charge on any atom is 0.260 e. The number of carbonyl (C=O) groups is 1. The van der Waals surface area contributed by atoms with Gasteiger partial charge in [-0.25, -0.2) is 0 Å². The minimum absolute atomic E-state index is 0.168. The summed E-state index contributed by atoms with van der Waals surface area (Å²) in [7, 11) is 1.58. The van der Waals surface area contributed by atoms with Gasteiger partial charge in [-0.05, 0) is 28.9 Å². The van der Waals surface area contributed by atoms with Gasteiger partial charge in [0.25, 0.3) is 5.91 Å². The van der Waals surface area contributed by atoms with Crippen molar-refractivity contribution in [1.82, 2.24) is 5.32 Å². The van der Waals surface area contributed by atoms with Crippen LogP contribution in [0, 0.1) is 0 Å². The van der Waals surface area contributed by atoms with E-state index in [9.17, 15) is 4.79 Å². The van der Waals surface area contributed by atoms with Gasteiger partial charge in [-0.1, -0.05) is 12.1 Å². The predicted octanol–water partition coefficient (Wildman–Crippen LogP) is 1.42. The van der Waals surface area contributed by atoms with Crippen LogP contribution >= 0.6 is 15.9 Å². The Labute approximate surface area is 103 Å². The van der Waals surface area contributed by atoms with Gasteiger partial charge >= 0.3 is 0 Å². The smallest absolute Gasteiger partial charge is 0.260 e. The molecule has 1 aromatic rings. The van der Waals surface area contributed by atoms with Crippen LogP contribution in [0.1, 0.15) is 12.5 Å². The van der Waals surface area contributed by atoms with Gasteiger partial charge < -0.3 is 15.8 Å². The number of para-hydroxylation sites is 1. The van der Waals surface area contributed by atoms with E-state index in [-0.39, 0.29) is 5.91 Å². The molecule has 0 fully saturated rings. The molecule has 0 heterocycles. The van der Waals surface area contributed by atoms with Crippen molar-refractivity contribution in [3.05, 3.63) is 28.2 Å². The highest BCUT2D eigenvalue weighted by molar-refractivity contribution is 9.10. The van der Waals surface area contributed by atoms with Gasteiger partial charge in [0.05, 0.1) is 4.47 Å². The molecular weight excluding hydrogens is 272 g/mol. The number of halogens is 1. The van der Waals surface area contributed by atoms with Crippen LogP contribution < -0.4 is 15.8 Å². The van der Waals surface area contributed by atoms with Crippen molar-refractivity contribution >= 4 is 21.8 Å². The van der Waals surface area contributed by atoms with E-state index in [4.69, 9.17) is 10.5 Å². The molecule has 0 aliphatic carbocycles. The molecule has 0 aliphatic heterocycles. The molecule has 88 valence electrons. The highest BCUT2D eigenvalue weighted by Crippen LogP contribution is 2.29. The quantitative estimate of drug-likeness (QED) is 0.880. The number of nitrogens with one attached hydrogen (secondary N) is 1. The molecule has 0 spiro atoms. The van der Waals surface area contributed by atoms with Crippen LogP contribution in [0.3, 0.4) is 0 Å². The Morgan fingerprint density at radius 2 is 2.31 bits per heavy atom. The molecule has 0 aliphatic rings. The third-order valence-corrected chi connectivity index (χ3v) is 2.80. The molecule has 1 aromatic carbocycles. The maximum atomic E-state index is 11.3. The number of carbonyl (C=O) groups excluding carboxylic acids is 1. The fourth-order valence-corrected chi connectivity index (χ4v) is 1.78. The van der Waals surface area contributed by atoms with Gasteiger partial charge in [0.1, 0.15) is 5.75 Å². The first-order valence-corrected chi connectivity index (χ1v) is 5.75. The lowest BCUT2D eigenvalue weighted by molar-refractivity contribution is -0.126. The van der Waals surface area contributed by atoms with E-state index in [1.165, 1.54) is 0 Å². The van der Waals surface area contributed by atoms with Crippen LogP contribution in [0.2, 0.25) is 0 Å². The van der Waals surface area contributed by atoms with Gasteiger partial charge in [-0.15, -0.1) is 0 Å². The molecule has 3 N–H and O–H groups in total. The molecule has 4 nitrogen and oxygen atoms in total. The number of likely N-dealkylation sites (N-methyl/N-ethyl adjacent to an activating group) is 1. The standard InChI is InChI=1S/C11H15BrN2O2/c1-7(11(15)14-2)16-10-8(6-13)4-3-5-9(10)12/h3-5,7H,6,13H2,1-2H3,(H,14,15). The van der Waals surface area contributed by atoms with Crippen molar-refractivity contribution in [2.45, 2.75) is 19.6 Å². The summed E-state index contributed by atoms with van der Waals surface area (Å²) >= 11 is 3.38. The molecular formula is C11H15BrN2O2. The number of amides is 1. The Kier molecular flexibility index (Phi) is 4.76. The molecule has 1 atom stereocenters. The summed E-state index contributed by atoms with van der Waals surface area (Å²) in [5.41, 5.74) is 6.47. The van der Waals surface area contributed by atoms with E-state index in [2.05, 4.69) is 21.2 Å². The fraction of sp³-hybridized carbons (Fsp3) is 0.364. The van der Waals surface area contributed by atoms with E-state index in [1.54, 1.807) is 14.0 Å². The zero-order valence-electron chi connectivity index (χ0n) is 9.29. The lowest BCUT2D eigenvalue weighted by Crippen LogP contribution is -2.34. The molecule has 1 rings (SSSR count). The predicted molar refractivity (Wildman–Crippen MR) is 66.2 cm³/mol. The zero-order chi connectivity index (χ0) is 12.1. The minimum atomic E-state index is -0.547. The summed E-state index contributed by atoms with van der Waals surface area (Å²) < 4.78 is 6.38. The van der Waals surface area contributed by atoms with Crippen molar-refractivity contribution in [1.29, 1.82) is 0 Å². The van der Waals surface area contributed by atoms with Gasteiger partial charge in [0.15, 0.2) is 6.10 Å². The topological polar surface area (TPSA) is 64.3 Å². The van der Waals surface area contributed by atoms with E-state index in [0.29, 0.717) is 12.3 Å². The van der Waals surface area contributed by atoms with Crippen LogP contribution in [0.25, 0.3) is 0 Å². The second-order valence-corrected chi connectivity index (χ2v) is 4.16. The summed E-state index contributed by atoms with van der Waals surface area (Å²) in [6, 6.07) is 5.60. The normalized spacial score (nSPS) is 12.0. The lowest BCUT2D eigenvalue weighted by atomic mass is 10.2. The van der Waals surface area contributed by atoms with E-state index in [1.807, 2.05) is 18.2 Å². The largest absolute Gasteiger partial charge is 0.479 e. The Balaban J connectivity index is 2.91. The summed E-state index contributed by atoms with van der Waals surface area (Å²) in [6.07, 6.45) is -0.547. The summed E-state index contributed by atoms with van der Waals surface area (Å²) in [5.74, 6) is 0.458. The Hall–Kier alpha value is -1.07. The number of ether oxygens (including phenoxy) is 1. The summed E-state index contributed by atoms with van der Waals surface area (Å²) in [4.78, 5) is 11.3. The summed E-state index contributed by atoms with van der Waals surface area (Å²) in [5, 5.41) is 2.53. The van der Waals surface area contributed by atoms with Crippen LogP contribution in [-0.2, 0) is 11.3 Å². The van der Waals surface area contributed by atoms with Gasteiger partial charge in [0, 0.05) is 19.2 Å². The van der Waals surface area contributed by atoms with E-state index >= 15 is 0 Å². The number of rotatable bonds is 4. The first-order chi connectivity index (χ1) is 7.60. The van der Waals surface area contributed by atoms with Crippen molar-refractivity contribution in [2.75, 3.05) is 7.05 Å². The molecule has 0 aromatic heterocycles. The molecule has 0 saturated heterocycles. The van der Waals surface area contributed by atoms with Crippen molar-refractivity contribution in [2.24, 2.45) is 5.73 Å². The van der Waals surface area contributed by atoms with Crippen LogP contribution in [0.4, 0.5) is 0 Å². The van der Waals surface area contributed by atoms with Crippen molar-refractivity contribution < 1.29 is 9.53 Å². The third-order valence-electron chi connectivity index (χ3n) is 2.18. The van der Waals surface area contributed by atoms with Crippen molar-refractivity contribution in [3.8, 4) is 5.75 Å². The molecule has 1 amide bonds. The Morgan fingerprint density at radius 1 is 1.62 bits per heavy atom. The first kappa shape index (κ1) is 13.0. The van der Waals surface area contributed by atoms with Crippen LogP contribution in [0.5, 0.6) is 5.75 Å². The molecule has 0 bridgehead atoms. The number of benzene rings is 1. The molecule has 0 radical (unpaired) electrons. The van der Waals surface area contributed by atoms with Crippen molar-refractivity contribution in [3.63, 3.8) is 0 Å². The zero-order valence-corrected chi connectivity index (χ0v) is 10.9. The highest BCUT2D eigenvalue weighted by atomic mass is 79.9. The second kappa shape index (κ2) is 5.86. The van der Waals surface area contributed by atoms with Gasteiger partial charge in [-0.2, -0.15) is 0 Å². The fourth-order valence-electron chi connectivity index (χ4n) is 1.28. The Morgan fingerprint density at radius 3 is 2.88 bits per heavy atom. The van der Waals surface area contributed by atoms with Crippen LogP contribution in [0.15, 0.2) is 22.7 Å². The number of hydrogen-bond acceptors (Lipinski definition) is 3. The van der Waals surface area contributed by atoms with E-state index in [0.717, 1.165) is 10.0 Å². The van der Waals surface area contributed by atoms with Crippen LogP contribution in [-0.4, -0.2) is 19.1 Å². The second-order valence-electron chi connectivity index (χ2n) is 3.31. The van der Waals surface area contributed by atoms with E-state index < -0.39 is 6.10 Å². The summed E-state index contributed by atoms with van der Waals surface area (Å²) in [6.45, 7) is 2.06. The molecule has 1 unspecified atom stereocenters. The molecule has 16 heavy (non-hydrogen) atoms. The molecule has 5 heteroatoms. The number of nitrogens with two attached hydrogens (primary N) is 1. The van der Waals surface area contributed by atoms with Gasteiger partial charge in [0.2, 0.25) is 0 Å². The average molecular weight is 287 g/mol. The molecule has 0 saturated carbocycles. The number of hydrogen-bond donors (Lipinski definition) is 2. The average Bonchev–Trinajstić information content (AvgIpc) is 2.30. The Bertz CT molecular complexity index is 382. The maximum absolute atomic E-state index is 11.3. The van der Waals surface area contributed by atoms with Gasteiger partial charge in [-0.3, -0.25) is 4.79 Å².